The van der Waals surface area contributed by atoms with Crippen molar-refractivity contribution < 1.29 is 9.90 Å². The first-order valence-corrected chi connectivity index (χ1v) is 4.63. The van der Waals surface area contributed by atoms with Gasteiger partial charge in [0.1, 0.15) is 5.75 Å². The molecule has 1 N–H and O–H groups in total. The Bertz CT molecular complexity index is 397. The van der Waals surface area contributed by atoms with Gasteiger partial charge in [0, 0.05) is 10.6 Å². The average Bonchev–Trinajstić information content (AvgIpc) is 2.08. The van der Waals surface area contributed by atoms with Crippen molar-refractivity contribution in [1.29, 1.82) is 0 Å². The van der Waals surface area contributed by atoms with Crippen molar-refractivity contribution in [3.8, 4) is 5.75 Å². The smallest absolute Gasteiger partial charge is 0.152 e. The van der Waals surface area contributed by atoms with Crippen molar-refractivity contribution in [2.75, 3.05) is 0 Å². The molecule has 0 saturated carbocycles. The molecule has 0 aliphatic heterocycles. The lowest BCUT2D eigenvalue weighted by atomic mass is 10.2. The number of aromatic hydroxyl groups is 1. The molecule has 2 nitrogen and oxygen atoms in total. The monoisotopic (exact) mass is 230 g/mol. The van der Waals surface area contributed by atoms with Gasteiger partial charge >= 0.3 is 0 Å². The number of carbonyl (C=O) groups excluding carboxylic acids is 1. The van der Waals surface area contributed by atoms with Crippen molar-refractivity contribution >= 4 is 35.1 Å². The molecule has 0 spiro atoms. The number of rotatable bonds is 2. The Labute approximate surface area is 91.8 Å². The lowest BCUT2D eigenvalue weighted by Crippen LogP contribution is -1.82. The molecule has 0 radical (unpaired) electrons. The number of carbonyl (C=O) groups is 1. The van der Waals surface area contributed by atoms with Crippen molar-refractivity contribution in [2.45, 2.75) is 6.92 Å². The first kappa shape index (κ1) is 11.1. The van der Waals surface area contributed by atoms with Gasteiger partial charge in [-0.2, -0.15) is 0 Å². The average molecular weight is 231 g/mol. The number of allylic oxidation sites excluding steroid dienone is 1. The van der Waals surface area contributed by atoms with E-state index in [-0.39, 0.29) is 16.6 Å². The van der Waals surface area contributed by atoms with Crippen LogP contribution in [0.1, 0.15) is 12.5 Å². The Hall–Kier alpha value is -0.990. The highest BCUT2D eigenvalue weighted by molar-refractivity contribution is 6.35. The van der Waals surface area contributed by atoms with Crippen molar-refractivity contribution in [3.05, 3.63) is 33.8 Å². The van der Waals surface area contributed by atoms with Crippen molar-refractivity contribution in [1.82, 2.24) is 0 Å². The zero-order valence-corrected chi connectivity index (χ0v) is 8.93. The van der Waals surface area contributed by atoms with E-state index in [0.29, 0.717) is 10.6 Å². The second-order valence-corrected chi connectivity index (χ2v) is 3.61. The molecule has 14 heavy (non-hydrogen) atoms. The van der Waals surface area contributed by atoms with Crippen LogP contribution in [0, 0.1) is 0 Å². The van der Waals surface area contributed by atoms with Gasteiger partial charge in [-0.05, 0) is 31.2 Å². The summed E-state index contributed by atoms with van der Waals surface area (Å²) < 4.78 is 0. The summed E-state index contributed by atoms with van der Waals surface area (Å²) in [5.41, 5.74) is 0.428. The second kappa shape index (κ2) is 4.49. The maximum Gasteiger partial charge on any atom is 0.152 e. The number of benzene rings is 1. The largest absolute Gasteiger partial charge is 0.506 e. The minimum absolute atomic E-state index is 0.0754. The molecule has 0 heterocycles. The zero-order chi connectivity index (χ0) is 10.7. The van der Waals surface area contributed by atoms with E-state index in [0.717, 1.165) is 0 Å². The molecular formula is C10H8Cl2O2. The van der Waals surface area contributed by atoms with E-state index in [2.05, 4.69) is 0 Å². The molecule has 1 aromatic carbocycles. The Morgan fingerprint density at radius 3 is 2.64 bits per heavy atom. The number of hydrogen-bond donors (Lipinski definition) is 1. The highest BCUT2D eigenvalue weighted by Crippen LogP contribution is 2.31. The van der Waals surface area contributed by atoms with Crippen LogP contribution in [-0.4, -0.2) is 10.9 Å². The van der Waals surface area contributed by atoms with Gasteiger partial charge in [-0.1, -0.05) is 23.2 Å². The van der Waals surface area contributed by atoms with Gasteiger partial charge in [0.2, 0.25) is 0 Å². The third-order valence-corrected chi connectivity index (χ3v) is 2.06. The van der Waals surface area contributed by atoms with Crippen molar-refractivity contribution in [3.63, 3.8) is 0 Å². The number of phenols is 1. The second-order valence-electron chi connectivity index (χ2n) is 2.77. The van der Waals surface area contributed by atoms with Gasteiger partial charge in [0.25, 0.3) is 0 Å². The van der Waals surface area contributed by atoms with Crippen LogP contribution < -0.4 is 0 Å². The van der Waals surface area contributed by atoms with E-state index in [1.807, 2.05) is 0 Å². The molecule has 4 heteroatoms. The Morgan fingerprint density at radius 1 is 1.43 bits per heavy atom. The SMILES string of the molecule is CC(=O)C=Cc1cc(Cl)cc(Cl)c1O. The van der Waals surface area contributed by atoms with E-state index in [1.54, 1.807) is 0 Å². The summed E-state index contributed by atoms with van der Waals surface area (Å²) in [7, 11) is 0. The van der Waals surface area contributed by atoms with Crippen molar-refractivity contribution in [2.24, 2.45) is 0 Å². The molecule has 0 atom stereocenters. The first-order valence-electron chi connectivity index (χ1n) is 3.87. The van der Waals surface area contributed by atoms with E-state index >= 15 is 0 Å². The molecule has 1 rings (SSSR count). The standard InChI is InChI=1S/C10H8Cl2O2/c1-6(13)2-3-7-4-8(11)5-9(12)10(7)14/h2-5,14H,1H3. The third-order valence-electron chi connectivity index (χ3n) is 1.56. The number of halogens is 2. The van der Waals surface area contributed by atoms with Gasteiger partial charge in [0.15, 0.2) is 5.78 Å². The molecule has 0 saturated heterocycles. The fourth-order valence-corrected chi connectivity index (χ4v) is 1.43. The van der Waals surface area contributed by atoms with Crippen LogP contribution in [0.25, 0.3) is 6.08 Å². The van der Waals surface area contributed by atoms with Crippen LogP contribution >= 0.6 is 23.2 Å². The number of hydrogen-bond acceptors (Lipinski definition) is 2. The summed E-state index contributed by atoms with van der Waals surface area (Å²) in [6.45, 7) is 1.42. The van der Waals surface area contributed by atoms with Crippen LogP contribution in [0.3, 0.4) is 0 Å². The normalized spacial score (nSPS) is 10.8. The lowest BCUT2D eigenvalue weighted by Gasteiger charge is -2.01. The summed E-state index contributed by atoms with van der Waals surface area (Å²) >= 11 is 11.4. The number of phenolic OH excluding ortho intramolecular Hbond substituents is 1. The highest BCUT2D eigenvalue weighted by atomic mass is 35.5. The van der Waals surface area contributed by atoms with Crippen LogP contribution in [0.15, 0.2) is 18.2 Å². The maximum atomic E-state index is 10.7. The summed E-state index contributed by atoms with van der Waals surface area (Å²) in [6, 6.07) is 2.96. The maximum absolute atomic E-state index is 10.7. The number of ketones is 1. The zero-order valence-electron chi connectivity index (χ0n) is 7.42. The predicted molar refractivity (Wildman–Crippen MR) is 57.8 cm³/mol. The van der Waals surface area contributed by atoms with E-state index in [9.17, 15) is 9.90 Å². The quantitative estimate of drug-likeness (QED) is 0.792. The van der Waals surface area contributed by atoms with Crippen LogP contribution in [0.2, 0.25) is 10.0 Å². The third kappa shape index (κ3) is 2.76. The summed E-state index contributed by atoms with van der Waals surface area (Å²) in [4.78, 5) is 10.7. The molecule has 0 fully saturated rings. The highest BCUT2D eigenvalue weighted by Gasteiger charge is 2.04. The molecule has 1 aromatic rings. The van der Waals surface area contributed by atoms with Crippen LogP contribution in [-0.2, 0) is 4.79 Å². The van der Waals surface area contributed by atoms with Gasteiger partial charge in [0.05, 0.1) is 5.02 Å². The van der Waals surface area contributed by atoms with E-state index < -0.39 is 0 Å². The van der Waals surface area contributed by atoms with Crippen LogP contribution in [0.5, 0.6) is 5.75 Å². The van der Waals surface area contributed by atoms with Gasteiger partial charge in [-0.15, -0.1) is 0 Å². The minimum atomic E-state index is -0.111. The molecule has 0 amide bonds. The molecule has 0 aliphatic carbocycles. The van der Waals surface area contributed by atoms with E-state index in [1.165, 1.54) is 31.2 Å². The van der Waals surface area contributed by atoms with Gasteiger partial charge < -0.3 is 5.11 Å². The fraction of sp³-hybridized carbons (Fsp3) is 0.100. The molecule has 0 bridgehead atoms. The summed E-state index contributed by atoms with van der Waals surface area (Å²) in [5.74, 6) is -0.186. The molecule has 0 unspecified atom stereocenters. The summed E-state index contributed by atoms with van der Waals surface area (Å²) in [6.07, 6.45) is 2.80. The minimum Gasteiger partial charge on any atom is -0.506 e. The Morgan fingerprint density at radius 2 is 2.07 bits per heavy atom. The Kier molecular flexibility index (Phi) is 3.55. The lowest BCUT2D eigenvalue weighted by molar-refractivity contribution is -0.112. The van der Waals surface area contributed by atoms with Crippen LogP contribution in [0.4, 0.5) is 0 Å². The molecule has 74 valence electrons. The molecular weight excluding hydrogens is 223 g/mol. The Balaban J connectivity index is 3.14. The molecule has 0 aromatic heterocycles. The van der Waals surface area contributed by atoms with Gasteiger partial charge in [-0.3, -0.25) is 4.79 Å². The summed E-state index contributed by atoms with van der Waals surface area (Å²) in [5, 5.41) is 10.1. The topological polar surface area (TPSA) is 37.3 Å². The molecule has 0 aliphatic rings. The van der Waals surface area contributed by atoms with E-state index in [4.69, 9.17) is 23.2 Å². The predicted octanol–water partition coefficient (Wildman–Crippen LogP) is 3.30. The first-order chi connectivity index (χ1) is 6.50. The van der Waals surface area contributed by atoms with Gasteiger partial charge in [-0.25, -0.2) is 0 Å². The fourth-order valence-electron chi connectivity index (χ4n) is 0.920.